The average molecular weight is 362 g/mol. The second-order valence-electron chi connectivity index (χ2n) is 9.56. The topological polar surface area (TPSA) is 94.8 Å². The number of aliphatic hydroxyl groups is 3. The molecule has 4 rings (SSSR count). The van der Waals surface area contributed by atoms with E-state index in [-0.39, 0.29) is 29.0 Å². The van der Waals surface area contributed by atoms with Crippen molar-refractivity contribution in [2.24, 2.45) is 28.6 Å². The van der Waals surface area contributed by atoms with Crippen molar-refractivity contribution in [3.8, 4) is 0 Å². The van der Waals surface area contributed by atoms with Crippen LogP contribution in [0.3, 0.4) is 0 Å². The molecule has 0 aromatic rings. The van der Waals surface area contributed by atoms with Gasteiger partial charge in [0, 0.05) is 11.8 Å². The summed E-state index contributed by atoms with van der Waals surface area (Å²) < 4.78 is 0. The van der Waals surface area contributed by atoms with Gasteiger partial charge in [0.05, 0.1) is 6.10 Å². The fourth-order valence-corrected chi connectivity index (χ4v) is 7.28. The number of rotatable bonds is 2. The lowest BCUT2D eigenvalue weighted by Crippen LogP contribution is -2.62. The van der Waals surface area contributed by atoms with Crippen molar-refractivity contribution in [2.75, 3.05) is 6.61 Å². The van der Waals surface area contributed by atoms with Crippen LogP contribution in [0.4, 0.5) is 0 Å². The largest absolute Gasteiger partial charge is 0.393 e. The summed E-state index contributed by atoms with van der Waals surface area (Å²) in [6, 6.07) is 0. The number of aliphatic hydroxyl groups excluding tert-OH is 2. The molecule has 0 aliphatic heterocycles. The first-order valence-corrected chi connectivity index (χ1v) is 9.96. The van der Waals surface area contributed by atoms with Crippen LogP contribution >= 0.6 is 0 Å². The van der Waals surface area contributed by atoms with E-state index in [0.29, 0.717) is 19.3 Å². The summed E-state index contributed by atoms with van der Waals surface area (Å²) in [5, 5.41) is 31.7. The van der Waals surface area contributed by atoms with Gasteiger partial charge in [-0.05, 0) is 67.8 Å². The fourth-order valence-electron chi connectivity index (χ4n) is 7.28. The Labute approximate surface area is 154 Å². The third-order valence-electron chi connectivity index (χ3n) is 8.65. The summed E-state index contributed by atoms with van der Waals surface area (Å²) in [4.78, 5) is 24.3. The third kappa shape index (κ3) is 2.14. The van der Waals surface area contributed by atoms with Gasteiger partial charge in [-0.3, -0.25) is 9.59 Å². The number of carbonyl (C=O) groups excluding carboxylic acids is 2. The highest BCUT2D eigenvalue weighted by molar-refractivity contribution is 5.91. The van der Waals surface area contributed by atoms with E-state index in [9.17, 15) is 24.9 Å². The molecule has 5 heteroatoms. The number of hydrogen-bond acceptors (Lipinski definition) is 5. The molecular formula is C21H30O5. The number of carbonyl (C=O) groups is 2. The van der Waals surface area contributed by atoms with Crippen molar-refractivity contribution >= 4 is 11.6 Å². The first-order valence-electron chi connectivity index (χ1n) is 9.96. The molecule has 0 aromatic carbocycles. The fraction of sp³-hybridized carbons (Fsp3) is 0.810. The molecule has 144 valence electrons. The molecule has 0 unspecified atom stereocenters. The highest BCUT2D eigenvalue weighted by atomic mass is 16.3. The number of Topliss-reactive ketones (excluding diaryl/α,β-unsaturated/α-hetero) is 1. The smallest absolute Gasteiger partial charge is 0.190 e. The third-order valence-corrected chi connectivity index (χ3v) is 8.65. The predicted octanol–water partition coefficient (Wildman–Crippen LogP) is 1.78. The van der Waals surface area contributed by atoms with Gasteiger partial charge >= 0.3 is 0 Å². The maximum Gasteiger partial charge on any atom is 0.190 e. The van der Waals surface area contributed by atoms with Crippen molar-refractivity contribution < 1.29 is 24.9 Å². The quantitative estimate of drug-likeness (QED) is 0.696. The summed E-state index contributed by atoms with van der Waals surface area (Å²) in [5.74, 6) is 0.140. The molecule has 3 saturated carbocycles. The van der Waals surface area contributed by atoms with Crippen LogP contribution in [0.5, 0.6) is 0 Å². The van der Waals surface area contributed by atoms with Crippen LogP contribution in [-0.2, 0) is 9.59 Å². The molecule has 7 atom stereocenters. The summed E-state index contributed by atoms with van der Waals surface area (Å²) in [5.41, 5.74) is -1.23. The van der Waals surface area contributed by atoms with Crippen LogP contribution in [-0.4, -0.2) is 45.2 Å². The van der Waals surface area contributed by atoms with Crippen LogP contribution in [0.2, 0.25) is 0 Å². The van der Waals surface area contributed by atoms with Crippen LogP contribution in [0.25, 0.3) is 0 Å². The molecule has 26 heavy (non-hydrogen) atoms. The Morgan fingerprint density at radius 1 is 1.23 bits per heavy atom. The molecule has 3 fully saturated rings. The van der Waals surface area contributed by atoms with Crippen LogP contribution < -0.4 is 0 Å². The van der Waals surface area contributed by atoms with E-state index >= 15 is 0 Å². The number of ketones is 2. The van der Waals surface area contributed by atoms with Crippen molar-refractivity contribution in [3.05, 3.63) is 11.6 Å². The molecule has 4 aliphatic rings. The zero-order valence-corrected chi connectivity index (χ0v) is 15.7. The van der Waals surface area contributed by atoms with Crippen LogP contribution in [0.1, 0.15) is 58.8 Å². The van der Waals surface area contributed by atoms with Gasteiger partial charge in [-0.25, -0.2) is 0 Å². The highest BCUT2D eigenvalue weighted by Gasteiger charge is 2.68. The molecule has 0 bridgehead atoms. The van der Waals surface area contributed by atoms with E-state index in [1.54, 1.807) is 6.08 Å². The molecule has 0 radical (unpaired) electrons. The Kier molecular flexibility index (Phi) is 4.04. The second kappa shape index (κ2) is 5.73. The average Bonchev–Trinajstić information content (AvgIpc) is 2.86. The molecule has 0 saturated heterocycles. The van der Waals surface area contributed by atoms with Crippen molar-refractivity contribution in [2.45, 2.75) is 70.5 Å². The Bertz CT molecular complexity index is 684. The van der Waals surface area contributed by atoms with Gasteiger partial charge in [0.25, 0.3) is 0 Å². The standard InChI is InChI=1S/C21H30O5/c1-19-7-5-13(23)9-12(19)3-4-14-15-6-8-21(26,17(25)11-22)20(15,2)10-16(24)18(14)19/h9,14-16,18,22,24,26H,3-8,10-11H2,1-2H3/t14-,15-,16+,18+,19-,20-,21+/m1/s1. The number of hydrogen-bond donors (Lipinski definition) is 3. The van der Waals surface area contributed by atoms with E-state index in [1.807, 2.05) is 6.92 Å². The second-order valence-corrected chi connectivity index (χ2v) is 9.56. The van der Waals surface area contributed by atoms with E-state index in [0.717, 1.165) is 25.7 Å². The lowest BCUT2D eigenvalue weighted by Gasteiger charge is -2.60. The Morgan fingerprint density at radius 3 is 2.65 bits per heavy atom. The predicted molar refractivity (Wildman–Crippen MR) is 95.1 cm³/mol. The molecule has 0 amide bonds. The van der Waals surface area contributed by atoms with Crippen molar-refractivity contribution in [1.29, 1.82) is 0 Å². The van der Waals surface area contributed by atoms with Gasteiger partial charge < -0.3 is 15.3 Å². The lowest BCUT2D eigenvalue weighted by atomic mass is 9.45. The maximum absolute atomic E-state index is 12.4. The van der Waals surface area contributed by atoms with Crippen LogP contribution in [0.15, 0.2) is 11.6 Å². The van der Waals surface area contributed by atoms with Gasteiger partial charge in [0.15, 0.2) is 11.6 Å². The zero-order chi connectivity index (χ0) is 18.9. The SMILES string of the molecule is C[C@@]12CCC(=O)C=C1CC[C@H]1[C@H]2[C@@H](O)C[C@]2(C)[C@@H]1CC[C@]2(O)C(=O)CO. The Morgan fingerprint density at radius 2 is 1.96 bits per heavy atom. The molecule has 0 heterocycles. The molecular weight excluding hydrogens is 332 g/mol. The number of allylic oxidation sites excluding steroid dienone is 1. The minimum Gasteiger partial charge on any atom is -0.393 e. The molecule has 4 aliphatic carbocycles. The van der Waals surface area contributed by atoms with Gasteiger partial charge in [-0.2, -0.15) is 0 Å². The van der Waals surface area contributed by atoms with E-state index < -0.39 is 29.5 Å². The van der Waals surface area contributed by atoms with E-state index in [2.05, 4.69) is 6.92 Å². The summed E-state index contributed by atoms with van der Waals surface area (Å²) >= 11 is 0. The van der Waals surface area contributed by atoms with E-state index in [4.69, 9.17) is 0 Å². The molecule has 3 N–H and O–H groups in total. The normalized spacial score (nSPS) is 50.5. The molecule has 0 aromatic heterocycles. The van der Waals surface area contributed by atoms with E-state index in [1.165, 1.54) is 5.57 Å². The Balaban J connectivity index is 1.74. The lowest BCUT2D eigenvalue weighted by molar-refractivity contribution is -0.182. The van der Waals surface area contributed by atoms with Crippen molar-refractivity contribution in [3.63, 3.8) is 0 Å². The number of fused-ring (bicyclic) bond motifs is 5. The molecule has 0 spiro atoms. The Hall–Kier alpha value is -1.04. The van der Waals surface area contributed by atoms with Gasteiger partial charge in [-0.1, -0.05) is 19.4 Å². The van der Waals surface area contributed by atoms with Gasteiger partial charge in [-0.15, -0.1) is 0 Å². The maximum atomic E-state index is 12.4. The minimum absolute atomic E-state index is 0.0697. The first kappa shape index (κ1) is 18.3. The first-order chi connectivity index (χ1) is 12.2. The van der Waals surface area contributed by atoms with Crippen molar-refractivity contribution in [1.82, 2.24) is 0 Å². The highest BCUT2D eigenvalue weighted by Crippen LogP contribution is 2.67. The monoisotopic (exact) mass is 362 g/mol. The summed E-state index contributed by atoms with van der Waals surface area (Å²) in [7, 11) is 0. The summed E-state index contributed by atoms with van der Waals surface area (Å²) in [6.07, 6.45) is 5.74. The summed E-state index contributed by atoms with van der Waals surface area (Å²) in [6.45, 7) is 3.46. The molecule has 5 nitrogen and oxygen atoms in total. The van der Waals surface area contributed by atoms with Gasteiger partial charge in [0.2, 0.25) is 0 Å². The van der Waals surface area contributed by atoms with Gasteiger partial charge in [0.1, 0.15) is 12.2 Å². The zero-order valence-electron chi connectivity index (χ0n) is 15.7. The van der Waals surface area contributed by atoms with Crippen LogP contribution in [0, 0.1) is 28.6 Å². The minimum atomic E-state index is -1.54.